The fourth-order valence-corrected chi connectivity index (χ4v) is 4.24. The molecule has 0 saturated heterocycles. The summed E-state index contributed by atoms with van der Waals surface area (Å²) in [6.07, 6.45) is 0.742. The van der Waals surface area contributed by atoms with Gasteiger partial charge in [-0.25, -0.2) is 0 Å². The van der Waals surface area contributed by atoms with Crippen LogP contribution in [0.4, 0.5) is 5.69 Å². The van der Waals surface area contributed by atoms with Gasteiger partial charge in [-0.05, 0) is 11.4 Å². The number of nitrogens with one attached hydrogen (secondary N) is 1. The molecule has 1 rings (SSSR count). The molecule has 1 aromatic rings. The molecule has 1 amide bonds. The molecular weight excluding hydrogens is 186 g/mol. The average Bonchev–Trinajstić information content (AvgIpc) is 2.34. The Morgan fingerprint density at radius 3 is 2.67 bits per heavy atom. The van der Waals surface area contributed by atoms with Gasteiger partial charge in [-0.2, -0.15) is 11.3 Å². The Kier molecular flexibility index (Phi) is 2.69. The Bertz CT molecular complexity index is 277. The number of hydrogen-bond donors (Lipinski definition) is 1. The number of rotatable bonds is 3. The molecule has 0 aliphatic heterocycles. The van der Waals surface area contributed by atoms with E-state index in [0.29, 0.717) is 0 Å². The highest BCUT2D eigenvalue weighted by atomic mass is 32.1. The Morgan fingerprint density at radius 2 is 2.17 bits per heavy atom. The predicted molar refractivity (Wildman–Crippen MR) is 57.0 cm³/mol. The first-order chi connectivity index (χ1) is 5.55. The fourth-order valence-electron chi connectivity index (χ4n) is 1.07. The molecule has 1 N–H and O–H groups in total. The second-order valence-electron chi connectivity index (χ2n) is 3.68. The predicted octanol–water partition coefficient (Wildman–Crippen LogP) is 1.86. The van der Waals surface area contributed by atoms with Gasteiger partial charge in [-0.1, -0.05) is 19.6 Å². The fraction of sp³-hybridized carbons (Fsp3) is 0.375. The first kappa shape index (κ1) is 9.47. The highest BCUT2D eigenvalue weighted by molar-refractivity contribution is 7.26. The molecule has 0 bridgehead atoms. The maximum atomic E-state index is 10.3. The molecule has 4 heteroatoms. The standard InChI is InChI=1S/C8H13NOSSi/c1-12(2,3)8-7(9-6-10)4-5-11-8/h4-6H,1-3H3,(H,9,10). The van der Waals surface area contributed by atoms with Crippen LogP contribution in [0.5, 0.6) is 0 Å². The summed E-state index contributed by atoms with van der Waals surface area (Å²) in [7, 11) is -1.27. The molecule has 0 aromatic carbocycles. The van der Waals surface area contributed by atoms with Crippen molar-refractivity contribution in [3.8, 4) is 0 Å². The van der Waals surface area contributed by atoms with Crippen molar-refractivity contribution in [2.45, 2.75) is 19.6 Å². The van der Waals surface area contributed by atoms with E-state index in [-0.39, 0.29) is 0 Å². The monoisotopic (exact) mass is 199 g/mol. The summed E-state index contributed by atoms with van der Waals surface area (Å²) >= 11 is 1.74. The van der Waals surface area contributed by atoms with Gasteiger partial charge in [0.25, 0.3) is 0 Å². The third-order valence-corrected chi connectivity index (χ3v) is 6.11. The summed E-state index contributed by atoms with van der Waals surface area (Å²) < 4.78 is 1.36. The highest BCUT2D eigenvalue weighted by Gasteiger charge is 2.21. The average molecular weight is 199 g/mol. The van der Waals surface area contributed by atoms with Crippen molar-refractivity contribution in [3.05, 3.63) is 11.4 Å². The zero-order valence-electron chi connectivity index (χ0n) is 7.55. The number of amides is 1. The number of hydrogen-bond acceptors (Lipinski definition) is 2. The summed E-state index contributed by atoms with van der Waals surface area (Å²) in [5.41, 5.74) is 0.995. The third kappa shape index (κ3) is 1.95. The number of carbonyl (C=O) groups is 1. The number of anilines is 1. The van der Waals surface area contributed by atoms with Crippen LogP contribution in [0.1, 0.15) is 0 Å². The lowest BCUT2D eigenvalue weighted by Crippen LogP contribution is -2.36. The lowest BCUT2D eigenvalue weighted by atomic mass is 10.5. The van der Waals surface area contributed by atoms with Crippen molar-refractivity contribution in [1.29, 1.82) is 0 Å². The van der Waals surface area contributed by atoms with Crippen LogP contribution in [0.25, 0.3) is 0 Å². The summed E-state index contributed by atoms with van der Waals surface area (Å²) in [6.45, 7) is 6.82. The van der Waals surface area contributed by atoms with Crippen LogP contribution in [0.2, 0.25) is 19.6 Å². The smallest absolute Gasteiger partial charge is 0.211 e. The molecule has 0 spiro atoms. The molecule has 1 heterocycles. The quantitative estimate of drug-likeness (QED) is 0.584. The second-order valence-corrected chi connectivity index (χ2v) is 9.95. The van der Waals surface area contributed by atoms with E-state index in [0.717, 1.165) is 12.1 Å². The van der Waals surface area contributed by atoms with E-state index in [2.05, 4.69) is 25.0 Å². The lowest BCUT2D eigenvalue weighted by Gasteiger charge is -2.15. The largest absolute Gasteiger partial charge is 0.328 e. The molecule has 0 radical (unpaired) electrons. The molecule has 0 saturated carbocycles. The Morgan fingerprint density at radius 1 is 1.50 bits per heavy atom. The van der Waals surface area contributed by atoms with E-state index in [1.807, 2.05) is 11.4 Å². The highest BCUT2D eigenvalue weighted by Crippen LogP contribution is 2.16. The topological polar surface area (TPSA) is 29.1 Å². The summed E-state index contributed by atoms with van der Waals surface area (Å²) in [5, 5.41) is 4.75. The van der Waals surface area contributed by atoms with Crippen LogP contribution in [-0.2, 0) is 4.79 Å². The van der Waals surface area contributed by atoms with Gasteiger partial charge in [-0.3, -0.25) is 4.79 Å². The molecule has 66 valence electrons. The van der Waals surface area contributed by atoms with Crippen molar-refractivity contribution < 1.29 is 4.79 Å². The van der Waals surface area contributed by atoms with E-state index in [1.54, 1.807) is 11.3 Å². The zero-order chi connectivity index (χ0) is 9.19. The van der Waals surface area contributed by atoms with Gasteiger partial charge in [-0.15, -0.1) is 0 Å². The molecule has 12 heavy (non-hydrogen) atoms. The molecule has 0 atom stereocenters. The summed E-state index contributed by atoms with van der Waals surface area (Å²) in [6, 6.07) is 1.96. The van der Waals surface area contributed by atoms with Gasteiger partial charge in [0.05, 0.1) is 13.8 Å². The van der Waals surface area contributed by atoms with E-state index >= 15 is 0 Å². The van der Waals surface area contributed by atoms with Gasteiger partial charge in [0, 0.05) is 4.50 Å². The van der Waals surface area contributed by atoms with E-state index < -0.39 is 8.07 Å². The van der Waals surface area contributed by atoms with Gasteiger partial charge < -0.3 is 5.32 Å². The van der Waals surface area contributed by atoms with Gasteiger partial charge >= 0.3 is 0 Å². The first-order valence-corrected chi connectivity index (χ1v) is 8.22. The van der Waals surface area contributed by atoms with Crippen LogP contribution in [-0.4, -0.2) is 14.5 Å². The Labute approximate surface area is 77.6 Å². The van der Waals surface area contributed by atoms with Gasteiger partial charge in [0.15, 0.2) is 0 Å². The van der Waals surface area contributed by atoms with Crippen LogP contribution < -0.4 is 9.82 Å². The Hall–Kier alpha value is -0.613. The maximum Gasteiger partial charge on any atom is 0.211 e. The third-order valence-electron chi connectivity index (χ3n) is 1.56. The minimum atomic E-state index is -1.27. The molecule has 0 aliphatic carbocycles. The van der Waals surface area contributed by atoms with Crippen molar-refractivity contribution in [3.63, 3.8) is 0 Å². The molecule has 0 unspecified atom stereocenters. The van der Waals surface area contributed by atoms with Crippen molar-refractivity contribution >= 4 is 36.0 Å². The summed E-state index contributed by atoms with van der Waals surface area (Å²) in [4.78, 5) is 10.3. The van der Waals surface area contributed by atoms with Gasteiger partial charge in [0.2, 0.25) is 6.41 Å². The van der Waals surface area contributed by atoms with E-state index in [9.17, 15) is 4.79 Å². The SMILES string of the molecule is C[Si](C)(C)c1sccc1NC=O. The van der Waals surface area contributed by atoms with Crippen LogP contribution in [0.3, 0.4) is 0 Å². The number of thiophene rings is 1. The second kappa shape index (κ2) is 3.41. The molecular formula is C8H13NOSSi. The minimum absolute atomic E-state index is 0.742. The minimum Gasteiger partial charge on any atom is -0.328 e. The normalized spacial score (nSPS) is 11.2. The molecule has 0 aliphatic rings. The molecule has 1 aromatic heterocycles. The molecule has 2 nitrogen and oxygen atoms in total. The lowest BCUT2D eigenvalue weighted by molar-refractivity contribution is -0.105. The summed E-state index contributed by atoms with van der Waals surface area (Å²) in [5.74, 6) is 0. The van der Waals surface area contributed by atoms with Crippen LogP contribution >= 0.6 is 11.3 Å². The number of carbonyl (C=O) groups excluding carboxylic acids is 1. The van der Waals surface area contributed by atoms with E-state index in [4.69, 9.17) is 0 Å². The van der Waals surface area contributed by atoms with Crippen molar-refractivity contribution in [2.24, 2.45) is 0 Å². The zero-order valence-corrected chi connectivity index (χ0v) is 9.37. The van der Waals surface area contributed by atoms with E-state index in [1.165, 1.54) is 4.50 Å². The Balaban J connectivity index is 2.99. The first-order valence-electron chi connectivity index (χ1n) is 3.84. The maximum absolute atomic E-state index is 10.3. The van der Waals surface area contributed by atoms with Gasteiger partial charge in [0.1, 0.15) is 0 Å². The molecule has 0 fully saturated rings. The van der Waals surface area contributed by atoms with Crippen molar-refractivity contribution in [2.75, 3.05) is 5.32 Å². The van der Waals surface area contributed by atoms with Crippen LogP contribution in [0, 0.1) is 0 Å². The van der Waals surface area contributed by atoms with Crippen LogP contribution in [0.15, 0.2) is 11.4 Å². The van der Waals surface area contributed by atoms with Crippen molar-refractivity contribution in [1.82, 2.24) is 0 Å².